The number of hydrogen-bond acceptors (Lipinski definition) is 3. The number of carbonyl (C=O) groups is 1. The van der Waals surface area contributed by atoms with Gasteiger partial charge in [-0.25, -0.2) is 0 Å². The Bertz CT molecular complexity index is 326. The van der Waals surface area contributed by atoms with Crippen molar-refractivity contribution < 1.29 is 14.6 Å². The van der Waals surface area contributed by atoms with Gasteiger partial charge in [-0.05, 0) is 19.3 Å². The van der Waals surface area contributed by atoms with Crippen molar-refractivity contribution in [1.82, 2.24) is 4.90 Å². The first-order chi connectivity index (χ1) is 7.25. The van der Waals surface area contributed by atoms with Gasteiger partial charge in [0.25, 0.3) is 0 Å². The van der Waals surface area contributed by atoms with Gasteiger partial charge in [0.05, 0.1) is 0 Å². The molecule has 3 rings (SSSR count). The molecule has 0 aliphatic carbocycles. The molecule has 0 radical (unpaired) electrons. The summed E-state index contributed by atoms with van der Waals surface area (Å²) < 4.78 is 5.26. The van der Waals surface area contributed by atoms with E-state index in [1.54, 1.807) is 6.08 Å². The molecule has 0 spiro atoms. The molecule has 0 saturated carbocycles. The second-order valence-electron chi connectivity index (χ2n) is 4.55. The van der Waals surface area contributed by atoms with Crippen molar-refractivity contribution in [3.05, 3.63) is 12.0 Å². The van der Waals surface area contributed by atoms with E-state index in [1.807, 2.05) is 4.90 Å². The van der Waals surface area contributed by atoms with Crippen molar-refractivity contribution in [2.75, 3.05) is 6.54 Å². The van der Waals surface area contributed by atoms with Crippen molar-refractivity contribution in [2.24, 2.45) is 5.92 Å². The van der Waals surface area contributed by atoms with E-state index in [4.69, 9.17) is 4.74 Å². The minimum atomic E-state index is -0.203. The molecule has 0 bridgehead atoms. The second kappa shape index (κ2) is 3.15. The minimum Gasteiger partial charge on any atom is -0.609 e. The van der Waals surface area contributed by atoms with Crippen LogP contribution in [-0.2, 0) is 9.53 Å². The highest BCUT2D eigenvalue weighted by molar-refractivity contribution is 5.79. The molecule has 2 saturated heterocycles. The Labute approximate surface area is 88.5 Å². The Hall–Kier alpha value is -1.19. The molecule has 82 valence electrons. The lowest BCUT2D eigenvalue weighted by Gasteiger charge is -2.29. The van der Waals surface area contributed by atoms with Gasteiger partial charge in [0, 0.05) is 37.0 Å². The van der Waals surface area contributed by atoms with Gasteiger partial charge in [0.15, 0.2) is 0 Å². The van der Waals surface area contributed by atoms with E-state index in [0.717, 1.165) is 25.8 Å². The zero-order valence-electron chi connectivity index (χ0n) is 8.52. The normalized spacial score (nSPS) is 39.2. The van der Waals surface area contributed by atoms with Crippen molar-refractivity contribution in [3.63, 3.8) is 0 Å². The molecule has 3 aliphatic heterocycles. The van der Waals surface area contributed by atoms with Gasteiger partial charge in [0.2, 0.25) is 5.91 Å². The topological polar surface area (TPSA) is 52.6 Å². The van der Waals surface area contributed by atoms with Crippen LogP contribution in [0, 0.1) is 5.92 Å². The number of carbonyl (C=O) groups excluding carboxylic acids is 1. The fraction of sp³-hybridized carbons (Fsp3) is 0.727. The highest BCUT2D eigenvalue weighted by Gasteiger charge is 2.41. The number of hydrogen-bond donors (Lipinski definition) is 0. The van der Waals surface area contributed by atoms with Crippen LogP contribution in [0.1, 0.15) is 25.7 Å². The molecule has 0 aromatic carbocycles. The lowest BCUT2D eigenvalue weighted by Crippen LogP contribution is -2.38. The van der Waals surface area contributed by atoms with Gasteiger partial charge in [-0.15, -0.1) is 0 Å². The summed E-state index contributed by atoms with van der Waals surface area (Å²) in [7, 11) is 0. The van der Waals surface area contributed by atoms with Gasteiger partial charge in [-0.1, -0.05) is 6.08 Å². The molecule has 0 N–H and O–H groups in total. The number of ether oxygens (including phenoxy) is 1. The highest BCUT2D eigenvalue weighted by atomic mass is 16.6. The number of nitrogens with zero attached hydrogens (tertiary/aromatic N) is 1. The molecule has 4 nitrogen and oxygen atoms in total. The van der Waals surface area contributed by atoms with Crippen LogP contribution in [0.2, 0.25) is 0 Å². The molecule has 4 heteroatoms. The van der Waals surface area contributed by atoms with Gasteiger partial charge in [-0.3, -0.25) is 4.79 Å². The summed E-state index contributed by atoms with van der Waals surface area (Å²) in [6.45, 7) is 0.835. The number of fused-ring (bicyclic) bond motifs is 3. The molecule has 3 atom stereocenters. The van der Waals surface area contributed by atoms with Crippen LogP contribution in [0.15, 0.2) is 12.0 Å². The fourth-order valence-electron chi connectivity index (χ4n) is 3.05. The minimum absolute atomic E-state index is 0.0263. The van der Waals surface area contributed by atoms with Crippen LogP contribution in [-0.4, -0.2) is 29.5 Å². The Balaban J connectivity index is 1.89. The SMILES string of the molecule is O=C1CCC2C3C=C([O-])O[C@@H]3CCCN12. The predicted octanol–water partition coefficient (Wildman–Crippen LogP) is -0.0121. The van der Waals surface area contributed by atoms with Crippen LogP contribution in [0.3, 0.4) is 0 Å². The van der Waals surface area contributed by atoms with E-state index in [9.17, 15) is 9.90 Å². The zero-order valence-corrected chi connectivity index (χ0v) is 8.52. The Morgan fingerprint density at radius 1 is 1.47 bits per heavy atom. The number of rotatable bonds is 0. The number of amides is 1. The van der Waals surface area contributed by atoms with E-state index in [0.29, 0.717) is 6.42 Å². The van der Waals surface area contributed by atoms with Gasteiger partial charge in [-0.2, -0.15) is 0 Å². The summed E-state index contributed by atoms with van der Waals surface area (Å²) in [6, 6.07) is 0.219. The third-order valence-corrected chi connectivity index (χ3v) is 3.73. The quantitative estimate of drug-likeness (QED) is 0.562. The Kier molecular flexibility index (Phi) is 1.90. The molecule has 1 amide bonds. The van der Waals surface area contributed by atoms with Crippen LogP contribution in [0.4, 0.5) is 0 Å². The van der Waals surface area contributed by atoms with Gasteiger partial charge < -0.3 is 14.7 Å². The summed E-state index contributed by atoms with van der Waals surface area (Å²) in [5, 5.41) is 11.2. The first-order valence-corrected chi connectivity index (χ1v) is 5.60. The summed E-state index contributed by atoms with van der Waals surface area (Å²) in [4.78, 5) is 13.6. The summed E-state index contributed by atoms with van der Waals surface area (Å²) in [5.74, 6) is 0.186. The summed E-state index contributed by atoms with van der Waals surface area (Å²) in [6.07, 6.45) is 5.06. The maximum Gasteiger partial charge on any atom is 0.222 e. The lowest BCUT2D eigenvalue weighted by atomic mass is 9.92. The average Bonchev–Trinajstić information content (AvgIpc) is 2.68. The molecular weight excluding hydrogens is 194 g/mol. The van der Waals surface area contributed by atoms with Crippen LogP contribution < -0.4 is 5.11 Å². The molecule has 3 aliphatic rings. The summed E-state index contributed by atoms with van der Waals surface area (Å²) >= 11 is 0. The molecular formula is C11H14NO3-. The van der Waals surface area contributed by atoms with Crippen LogP contribution >= 0.6 is 0 Å². The van der Waals surface area contributed by atoms with Crippen molar-refractivity contribution in [1.29, 1.82) is 0 Å². The van der Waals surface area contributed by atoms with E-state index in [2.05, 4.69) is 0 Å². The lowest BCUT2D eigenvalue weighted by molar-refractivity contribution is -0.358. The predicted molar refractivity (Wildman–Crippen MR) is 50.4 cm³/mol. The van der Waals surface area contributed by atoms with E-state index < -0.39 is 0 Å². The van der Waals surface area contributed by atoms with Crippen molar-refractivity contribution in [2.45, 2.75) is 37.8 Å². The molecule has 2 unspecified atom stereocenters. The largest absolute Gasteiger partial charge is 0.609 e. The zero-order chi connectivity index (χ0) is 10.4. The van der Waals surface area contributed by atoms with Gasteiger partial charge in [0.1, 0.15) is 0 Å². The van der Waals surface area contributed by atoms with Crippen molar-refractivity contribution >= 4 is 5.91 Å². The average molecular weight is 208 g/mol. The first-order valence-electron chi connectivity index (χ1n) is 5.60. The third-order valence-electron chi connectivity index (χ3n) is 3.73. The van der Waals surface area contributed by atoms with Crippen LogP contribution in [0.25, 0.3) is 0 Å². The standard InChI is InChI=1S/C11H15NO3/c13-10-4-3-8-7-6-11(14)15-9(7)2-1-5-12(8)10/h6-9,14H,1-5H2/p-1/t7?,8?,9-/m1/s1. The Morgan fingerprint density at radius 3 is 3.20 bits per heavy atom. The highest BCUT2D eigenvalue weighted by Crippen LogP contribution is 2.37. The second-order valence-corrected chi connectivity index (χ2v) is 4.55. The molecule has 0 aromatic heterocycles. The molecule has 15 heavy (non-hydrogen) atoms. The molecule has 3 heterocycles. The summed E-state index contributed by atoms with van der Waals surface area (Å²) in [5.41, 5.74) is 0. The van der Waals surface area contributed by atoms with Crippen LogP contribution in [0.5, 0.6) is 0 Å². The first kappa shape index (κ1) is 9.07. The Morgan fingerprint density at radius 2 is 2.33 bits per heavy atom. The smallest absolute Gasteiger partial charge is 0.222 e. The monoisotopic (exact) mass is 208 g/mol. The van der Waals surface area contributed by atoms with E-state index in [1.165, 1.54) is 0 Å². The van der Waals surface area contributed by atoms with E-state index in [-0.39, 0.29) is 29.9 Å². The van der Waals surface area contributed by atoms with E-state index >= 15 is 0 Å². The van der Waals surface area contributed by atoms with Gasteiger partial charge >= 0.3 is 0 Å². The fourth-order valence-corrected chi connectivity index (χ4v) is 3.05. The maximum atomic E-state index is 11.6. The van der Waals surface area contributed by atoms with Crippen molar-refractivity contribution in [3.8, 4) is 0 Å². The molecule has 0 aromatic rings. The maximum absolute atomic E-state index is 11.6. The molecule has 2 fully saturated rings. The third kappa shape index (κ3) is 1.31.